The molecule has 27 heavy (non-hydrogen) atoms. The Hall–Kier alpha value is -2.10. The van der Waals surface area contributed by atoms with Crippen molar-refractivity contribution in [3.8, 4) is 0 Å². The van der Waals surface area contributed by atoms with Crippen molar-refractivity contribution in [2.75, 3.05) is 42.2 Å². The monoisotopic (exact) mass is 410 g/mol. The van der Waals surface area contributed by atoms with Crippen LogP contribution in [0.5, 0.6) is 0 Å². The maximum absolute atomic E-state index is 12.7. The van der Waals surface area contributed by atoms with Gasteiger partial charge in [-0.3, -0.25) is 4.72 Å². The van der Waals surface area contributed by atoms with E-state index in [0.29, 0.717) is 26.3 Å². The normalized spacial score (nSPS) is 15.6. The lowest BCUT2D eigenvalue weighted by atomic mass is 10.2. The molecule has 0 spiro atoms. The molecular weight excluding hydrogens is 388 g/mol. The highest BCUT2D eigenvalue weighted by atomic mass is 32.2. The van der Waals surface area contributed by atoms with E-state index in [-0.39, 0.29) is 15.5 Å². The summed E-state index contributed by atoms with van der Waals surface area (Å²) in [5.41, 5.74) is 1.72. The number of benzene rings is 2. The van der Waals surface area contributed by atoms with Crippen molar-refractivity contribution in [3.63, 3.8) is 0 Å². The number of hydrogen-bond acceptors (Lipinski definition) is 6. The maximum atomic E-state index is 12.7. The number of hydrogen-bond donors (Lipinski definition) is 1. The van der Waals surface area contributed by atoms with Gasteiger partial charge in [0.1, 0.15) is 0 Å². The molecule has 9 heteroatoms. The second-order valence-corrected chi connectivity index (χ2v) is 10.1. The zero-order valence-electron chi connectivity index (χ0n) is 15.2. The summed E-state index contributed by atoms with van der Waals surface area (Å²) in [6.45, 7) is 4.30. The molecule has 0 aromatic heterocycles. The molecule has 0 unspecified atom stereocenters. The summed E-state index contributed by atoms with van der Waals surface area (Å²) in [4.78, 5) is 2.04. The second kappa shape index (κ2) is 7.49. The highest BCUT2D eigenvalue weighted by Gasteiger charge is 2.22. The van der Waals surface area contributed by atoms with E-state index in [9.17, 15) is 16.8 Å². The lowest BCUT2D eigenvalue weighted by molar-refractivity contribution is 0.122. The van der Waals surface area contributed by atoms with Gasteiger partial charge in [0.2, 0.25) is 0 Å². The van der Waals surface area contributed by atoms with E-state index in [1.807, 2.05) is 11.8 Å². The fourth-order valence-electron chi connectivity index (χ4n) is 2.86. The number of nitrogens with one attached hydrogen (secondary N) is 1. The lowest BCUT2D eigenvalue weighted by Gasteiger charge is -2.29. The first-order valence-electron chi connectivity index (χ1n) is 8.43. The summed E-state index contributed by atoms with van der Waals surface area (Å²) < 4.78 is 57.5. The first kappa shape index (κ1) is 19.7. The van der Waals surface area contributed by atoms with Crippen molar-refractivity contribution in [2.45, 2.75) is 16.7 Å². The molecular formula is C18H22N2O5S2. The molecule has 0 atom stereocenters. The Morgan fingerprint density at radius 1 is 0.963 bits per heavy atom. The Labute approximate surface area is 159 Å². The van der Waals surface area contributed by atoms with Crippen LogP contribution in [0.4, 0.5) is 11.4 Å². The van der Waals surface area contributed by atoms with Gasteiger partial charge in [0.25, 0.3) is 10.0 Å². The molecule has 0 radical (unpaired) electrons. The molecule has 1 aliphatic rings. The fourth-order valence-corrected chi connectivity index (χ4v) is 4.82. The van der Waals surface area contributed by atoms with Gasteiger partial charge in [-0.15, -0.1) is 0 Å². The molecule has 1 heterocycles. The zero-order valence-corrected chi connectivity index (χ0v) is 16.8. The molecule has 146 valence electrons. The van der Waals surface area contributed by atoms with Crippen LogP contribution < -0.4 is 9.62 Å². The number of anilines is 2. The highest BCUT2D eigenvalue weighted by molar-refractivity contribution is 7.93. The molecule has 2 aromatic carbocycles. The third-order valence-electron chi connectivity index (χ3n) is 4.31. The van der Waals surface area contributed by atoms with Crippen LogP contribution in [0.1, 0.15) is 5.56 Å². The third kappa shape index (κ3) is 4.60. The highest BCUT2D eigenvalue weighted by Crippen LogP contribution is 2.30. The standard InChI is InChI=1S/C18H22N2O5S2/c1-14-3-6-16(7-4-14)27(23,24)19-17-13-15(20-9-11-25-12-10-20)5-8-18(17)26(2,21)22/h3-8,13,19H,9-12H2,1-2H3. The van der Waals surface area contributed by atoms with E-state index in [2.05, 4.69) is 4.72 Å². The smallest absolute Gasteiger partial charge is 0.261 e. The van der Waals surface area contributed by atoms with Crippen LogP contribution in [0.3, 0.4) is 0 Å². The summed E-state index contributed by atoms with van der Waals surface area (Å²) in [6, 6.07) is 11.0. The van der Waals surface area contributed by atoms with Crippen molar-refractivity contribution in [1.82, 2.24) is 0 Å². The van der Waals surface area contributed by atoms with E-state index >= 15 is 0 Å². The van der Waals surface area contributed by atoms with Gasteiger partial charge in [0.05, 0.1) is 28.7 Å². The molecule has 7 nitrogen and oxygen atoms in total. The topological polar surface area (TPSA) is 92.8 Å². The fraction of sp³-hybridized carbons (Fsp3) is 0.333. The van der Waals surface area contributed by atoms with Gasteiger partial charge in [-0.1, -0.05) is 17.7 Å². The van der Waals surface area contributed by atoms with Gasteiger partial charge in [-0.05, 0) is 37.3 Å². The largest absolute Gasteiger partial charge is 0.378 e. The lowest BCUT2D eigenvalue weighted by Crippen LogP contribution is -2.36. The van der Waals surface area contributed by atoms with Gasteiger partial charge in [-0.2, -0.15) is 0 Å². The molecule has 0 aliphatic carbocycles. The Bertz CT molecular complexity index is 1030. The molecule has 1 saturated heterocycles. The minimum absolute atomic E-state index is 0.0436. The Kier molecular flexibility index (Phi) is 5.45. The molecule has 0 saturated carbocycles. The van der Waals surface area contributed by atoms with E-state index in [1.54, 1.807) is 24.3 Å². The minimum atomic E-state index is -3.92. The minimum Gasteiger partial charge on any atom is -0.378 e. The molecule has 2 aromatic rings. The van der Waals surface area contributed by atoms with Crippen LogP contribution in [0.25, 0.3) is 0 Å². The van der Waals surface area contributed by atoms with E-state index in [1.165, 1.54) is 18.2 Å². The van der Waals surface area contributed by atoms with Crippen molar-refractivity contribution in [2.24, 2.45) is 0 Å². The zero-order chi connectivity index (χ0) is 19.7. The summed E-state index contributed by atoms with van der Waals surface area (Å²) in [7, 11) is -7.53. The summed E-state index contributed by atoms with van der Waals surface area (Å²) in [6.07, 6.45) is 1.06. The number of morpholine rings is 1. The second-order valence-electron chi connectivity index (χ2n) is 6.47. The number of sulfone groups is 1. The van der Waals surface area contributed by atoms with Gasteiger partial charge in [0.15, 0.2) is 9.84 Å². The number of nitrogens with zero attached hydrogens (tertiary/aromatic N) is 1. The van der Waals surface area contributed by atoms with E-state index in [4.69, 9.17) is 4.74 Å². The summed E-state index contributed by atoms with van der Waals surface area (Å²) in [5, 5.41) is 0. The van der Waals surface area contributed by atoms with E-state index in [0.717, 1.165) is 17.5 Å². The van der Waals surface area contributed by atoms with Crippen LogP contribution >= 0.6 is 0 Å². The SMILES string of the molecule is Cc1ccc(S(=O)(=O)Nc2cc(N3CCOCC3)ccc2S(C)(=O)=O)cc1. The van der Waals surface area contributed by atoms with Crippen molar-refractivity contribution >= 4 is 31.2 Å². The summed E-state index contributed by atoms with van der Waals surface area (Å²) in [5.74, 6) is 0. The number of aryl methyl sites for hydroxylation is 1. The maximum Gasteiger partial charge on any atom is 0.261 e. The Balaban J connectivity index is 2.01. The van der Waals surface area contributed by atoms with Gasteiger partial charge in [-0.25, -0.2) is 16.8 Å². The van der Waals surface area contributed by atoms with Crippen LogP contribution in [-0.4, -0.2) is 49.4 Å². The number of ether oxygens (including phenoxy) is 1. The summed E-state index contributed by atoms with van der Waals surface area (Å²) >= 11 is 0. The molecule has 3 rings (SSSR count). The van der Waals surface area contributed by atoms with Gasteiger partial charge < -0.3 is 9.64 Å². The average molecular weight is 411 g/mol. The first-order valence-corrected chi connectivity index (χ1v) is 11.8. The molecule has 1 N–H and O–H groups in total. The third-order valence-corrected chi connectivity index (χ3v) is 6.85. The average Bonchev–Trinajstić information content (AvgIpc) is 2.61. The predicted octanol–water partition coefficient (Wildman–Crippen LogP) is 2.04. The first-order chi connectivity index (χ1) is 12.7. The molecule has 1 aliphatic heterocycles. The van der Waals surface area contributed by atoms with Gasteiger partial charge >= 0.3 is 0 Å². The number of rotatable bonds is 5. The van der Waals surface area contributed by atoms with Crippen LogP contribution in [0.15, 0.2) is 52.3 Å². The Morgan fingerprint density at radius 2 is 1.59 bits per heavy atom. The van der Waals surface area contributed by atoms with Crippen molar-refractivity contribution in [3.05, 3.63) is 48.0 Å². The van der Waals surface area contributed by atoms with Crippen LogP contribution in [0, 0.1) is 6.92 Å². The molecule has 1 fully saturated rings. The van der Waals surface area contributed by atoms with Gasteiger partial charge in [0, 0.05) is 25.0 Å². The van der Waals surface area contributed by atoms with Crippen molar-refractivity contribution in [1.29, 1.82) is 0 Å². The molecule has 0 bridgehead atoms. The Morgan fingerprint density at radius 3 is 2.19 bits per heavy atom. The van der Waals surface area contributed by atoms with Crippen molar-refractivity contribution < 1.29 is 21.6 Å². The van der Waals surface area contributed by atoms with Crippen LogP contribution in [-0.2, 0) is 24.6 Å². The molecule has 0 amide bonds. The quantitative estimate of drug-likeness (QED) is 0.811. The number of sulfonamides is 1. The van der Waals surface area contributed by atoms with Crippen LogP contribution in [0.2, 0.25) is 0 Å². The van der Waals surface area contributed by atoms with E-state index < -0.39 is 19.9 Å². The predicted molar refractivity (Wildman–Crippen MR) is 105 cm³/mol.